The third-order valence-electron chi connectivity index (χ3n) is 4.22. The number of phenolic OH excluding ortho intramolecular Hbond substituents is 1. The second-order valence-electron chi connectivity index (χ2n) is 6.42. The molecule has 7 heteroatoms. The van der Waals surface area contributed by atoms with Crippen LogP contribution in [-0.4, -0.2) is 30.2 Å². The standard InChI is InChI=1S/C24H21N3O4/c1-31-22-15-18(12-13-21(22)28)16-25-27-24(30)20(14-17-8-4-2-5-9-17)26-23(29)19-10-6-3-7-11-19/h2-16,28H,1H3,(H,26,29)(H,27,30)/b20-14+,25-16+. The third-order valence-corrected chi connectivity index (χ3v) is 4.22. The Hall–Kier alpha value is -4.39. The van der Waals surface area contributed by atoms with Crippen LogP contribution in [0.1, 0.15) is 21.5 Å². The Balaban J connectivity index is 1.77. The molecule has 0 heterocycles. The molecule has 3 N–H and O–H groups in total. The highest BCUT2D eigenvalue weighted by atomic mass is 16.5. The first-order valence-electron chi connectivity index (χ1n) is 9.40. The van der Waals surface area contributed by atoms with Crippen LogP contribution < -0.4 is 15.5 Å². The van der Waals surface area contributed by atoms with E-state index in [0.717, 1.165) is 5.56 Å². The fraction of sp³-hybridized carbons (Fsp3) is 0.0417. The van der Waals surface area contributed by atoms with E-state index >= 15 is 0 Å². The fourth-order valence-electron chi connectivity index (χ4n) is 2.66. The van der Waals surface area contributed by atoms with Gasteiger partial charge in [-0.15, -0.1) is 0 Å². The zero-order chi connectivity index (χ0) is 22.1. The molecule has 0 spiro atoms. The Labute approximate surface area is 179 Å². The van der Waals surface area contributed by atoms with Crippen molar-refractivity contribution in [3.63, 3.8) is 0 Å². The molecular formula is C24H21N3O4. The maximum absolute atomic E-state index is 12.7. The minimum Gasteiger partial charge on any atom is -0.504 e. The largest absolute Gasteiger partial charge is 0.504 e. The number of carbonyl (C=O) groups excluding carboxylic acids is 2. The second-order valence-corrected chi connectivity index (χ2v) is 6.42. The van der Waals surface area contributed by atoms with E-state index in [9.17, 15) is 14.7 Å². The molecule has 7 nitrogen and oxygen atoms in total. The van der Waals surface area contributed by atoms with Crippen molar-refractivity contribution in [2.45, 2.75) is 0 Å². The lowest BCUT2D eigenvalue weighted by molar-refractivity contribution is -0.117. The molecule has 3 aromatic rings. The fourth-order valence-corrected chi connectivity index (χ4v) is 2.66. The summed E-state index contributed by atoms with van der Waals surface area (Å²) in [5, 5.41) is 16.2. The lowest BCUT2D eigenvalue weighted by Crippen LogP contribution is -2.32. The van der Waals surface area contributed by atoms with Gasteiger partial charge in [-0.1, -0.05) is 48.5 Å². The number of carbonyl (C=O) groups is 2. The van der Waals surface area contributed by atoms with E-state index in [2.05, 4.69) is 15.8 Å². The summed E-state index contributed by atoms with van der Waals surface area (Å²) >= 11 is 0. The van der Waals surface area contributed by atoms with Gasteiger partial charge in [0.15, 0.2) is 11.5 Å². The molecular weight excluding hydrogens is 394 g/mol. The van der Waals surface area contributed by atoms with E-state index in [4.69, 9.17) is 4.74 Å². The Kier molecular flexibility index (Phi) is 7.16. The number of phenols is 1. The van der Waals surface area contributed by atoms with Gasteiger partial charge in [-0.05, 0) is 47.5 Å². The van der Waals surface area contributed by atoms with Crippen LogP contribution in [0.25, 0.3) is 6.08 Å². The Morgan fingerprint density at radius 3 is 2.29 bits per heavy atom. The van der Waals surface area contributed by atoms with Gasteiger partial charge in [-0.3, -0.25) is 9.59 Å². The molecule has 0 bridgehead atoms. The number of nitrogens with zero attached hydrogens (tertiary/aromatic N) is 1. The van der Waals surface area contributed by atoms with Gasteiger partial charge >= 0.3 is 0 Å². The summed E-state index contributed by atoms with van der Waals surface area (Å²) in [6.07, 6.45) is 2.97. The van der Waals surface area contributed by atoms with Crippen molar-refractivity contribution in [3.8, 4) is 11.5 Å². The van der Waals surface area contributed by atoms with E-state index in [1.807, 2.05) is 30.3 Å². The topological polar surface area (TPSA) is 100 Å². The first-order chi connectivity index (χ1) is 15.1. The molecule has 0 aliphatic carbocycles. The summed E-state index contributed by atoms with van der Waals surface area (Å²) in [5.41, 5.74) is 4.22. The maximum atomic E-state index is 12.7. The number of rotatable bonds is 7. The van der Waals surface area contributed by atoms with Crippen molar-refractivity contribution < 1.29 is 19.4 Å². The van der Waals surface area contributed by atoms with Crippen LogP contribution in [0.3, 0.4) is 0 Å². The molecule has 3 aromatic carbocycles. The summed E-state index contributed by atoms with van der Waals surface area (Å²) < 4.78 is 5.05. The molecule has 156 valence electrons. The van der Waals surface area contributed by atoms with Crippen molar-refractivity contribution in [2.24, 2.45) is 5.10 Å². The summed E-state index contributed by atoms with van der Waals surface area (Å²) in [7, 11) is 1.44. The number of aromatic hydroxyl groups is 1. The molecule has 0 aliphatic heterocycles. The number of benzene rings is 3. The molecule has 0 aromatic heterocycles. The SMILES string of the molecule is COc1cc(/C=N/NC(=O)/C(=C\c2ccccc2)NC(=O)c2ccccc2)ccc1O. The molecule has 31 heavy (non-hydrogen) atoms. The maximum Gasteiger partial charge on any atom is 0.287 e. The third kappa shape index (κ3) is 6.04. The van der Waals surface area contributed by atoms with Crippen molar-refractivity contribution >= 4 is 24.1 Å². The average molecular weight is 415 g/mol. The molecule has 0 fully saturated rings. The number of nitrogens with one attached hydrogen (secondary N) is 2. The van der Waals surface area contributed by atoms with Crippen molar-refractivity contribution in [2.75, 3.05) is 7.11 Å². The normalized spacial score (nSPS) is 11.2. The van der Waals surface area contributed by atoms with Gasteiger partial charge in [0.1, 0.15) is 5.70 Å². The highest BCUT2D eigenvalue weighted by Gasteiger charge is 2.14. The van der Waals surface area contributed by atoms with Crippen LogP contribution in [0.2, 0.25) is 0 Å². The van der Waals surface area contributed by atoms with Gasteiger partial charge in [-0.2, -0.15) is 5.10 Å². The zero-order valence-electron chi connectivity index (χ0n) is 16.8. The van der Waals surface area contributed by atoms with Crippen LogP contribution in [-0.2, 0) is 4.79 Å². The minimum absolute atomic E-state index is 0.000362. The molecule has 0 aliphatic rings. The molecule has 0 saturated heterocycles. The summed E-state index contributed by atoms with van der Waals surface area (Å²) in [6.45, 7) is 0. The Morgan fingerprint density at radius 2 is 1.61 bits per heavy atom. The Morgan fingerprint density at radius 1 is 0.935 bits per heavy atom. The monoisotopic (exact) mass is 415 g/mol. The second kappa shape index (κ2) is 10.4. The van der Waals surface area contributed by atoms with E-state index in [-0.39, 0.29) is 17.2 Å². The smallest absolute Gasteiger partial charge is 0.287 e. The van der Waals surface area contributed by atoms with E-state index in [1.54, 1.807) is 48.5 Å². The molecule has 2 amide bonds. The number of hydrazone groups is 1. The predicted octanol–water partition coefficient (Wildman–Crippen LogP) is 3.32. The number of hydrogen-bond donors (Lipinski definition) is 3. The van der Waals surface area contributed by atoms with Gasteiger partial charge in [-0.25, -0.2) is 5.43 Å². The van der Waals surface area contributed by atoms with Crippen LogP contribution in [0.5, 0.6) is 11.5 Å². The van der Waals surface area contributed by atoms with Crippen molar-refractivity contribution in [1.29, 1.82) is 0 Å². The average Bonchev–Trinajstić information content (AvgIpc) is 2.80. The molecule has 0 radical (unpaired) electrons. The molecule has 0 unspecified atom stereocenters. The molecule has 0 saturated carbocycles. The van der Waals surface area contributed by atoms with Crippen LogP contribution in [0.4, 0.5) is 0 Å². The van der Waals surface area contributed by atoms with Gasteiger partial charge in [0, 0.05) is 5.56 Å². The number of amides is 2. The number of hydrogen-bond acceptors (Lipinski definition) is 5. The highest BCUT2D eigenvalue weighted by Crippen LogP contribution is 2.25. The molecule has 3 rings (SSSR count). The van der Waals surface area contributed by atoms with Gasteiger partial charge in [0.25, 0.3) is 11.8 Å². The first kappa shape index (κ1) is 21.3. The van der Waals surface area contributed by atoms with Crippen LogP contribution in [0.15, 0.2) is 89.7 Å². The van der Waals surface area contributed by atoms with Gasteiger partial charge in [0.2, 0.25) is 0 Å². The number of ether oxygens (including phenoxy) is 1. The quantitative estimate of drug-likeness (QED) is 0.313. The van der Waals surface area contributed by atoms with Crippen molar-refractivity contribution in [3.05, 3.63) is 101 Å². The van der Waals surface area contributed by atoms with E-state index < -0.39 is 11.8 Å². The lowest BCUT2D eigenvalue weighted by Gasteiger charge is -2.09. The van der Waals surface area contributed by atoms with Gasteiger partial charge < -0.3 is 15.2 Å². The lowest BCUT2D eigenvalue weighted by atomic mass is 10.1. The van der Waals surface area contributed by atoms with Crippen molar-refractivity contribution in [1.82, 2.24) is 10.7 Å². The van der Waals surface area contributed by atoms with Crippen LogP contribution >= 0.6 is 0 Å². The number of methoxy groups -OCH3 is 1. The van der Waals surface area contributed by atoms with E-state index in [1.165, 1.54) is 19.4 Å². The predicted molar refractivity (Wildman–Crippen MR) is 119 cm³/mol. The summed E-state index contributed by atoms with van der Waals surface area (Å²) in [6, 6.07) is 22.4. The highest BCUT2D eigenvalue weighted by molar-refractivity contribution is 6.05. The summed E-state index contributed by atoms with van der Waals surface area (Å²) in [5.74, 6) is -0.712. The van der Waals surface area contributed by atoms with Crippen LogP contribution in [0, 0.1) is 0 Å². The zero-order valence-corrected chi connectivity index (χ0v) is 16.8. The molecule has 0 atom stereocenters. The Bertz CT molecular complexity index is 1110. The minimum atomic E-state index is -0.588. The van der Waals surface area contributed by atoms with E-state index in [0.29, 0.717) is 11.1 Å². The summed E-state index contributed by atoms with van der Waals surface area (Å²) in [4.78, 5) is 25.2. The van der Waals surface area contributed by atoms with Gasteiger partial charge in [0.05, 0.1) is 13.3 Å². The first-order valence-corrected chi connectivity index (χ1v) is 9.40.